The minimum Gasteiger partial charge on any atom is -0.381 e. The van der Waals surface area contributed by atoms with Crippen molar-refractivity contribution in [1.82, 2.24) is 0 Å². The molecule has 0 amide bonds. The third-order valence-electron chi connectivity index (χ3n) is 8.73. The van der Waals surface area contributed by atoms with Crippen molar-refractivity contribution in [1.29, 1.82) is 0 Å². The number of rotatable bonds is 2. The lowest BCUT2D eigenvalue weighted by molar-refractivity contribution is -0.165. The quantitative estimate of drug-likeness (QED) is 0.663. The van der Waals surface area contributed by atoms with Gasteiger partial charge in [-0.1, -0.05) is 32.4 Å². The molecule has 0 saturated heterocycles. The fourth-order valence-electron chi connectivity index (χ4n) is 7.18. The summed E-state index contributed by atoms with van der Waals surface area (Å²) in [5.74, 6) is -1.22. The fourth-order valence-corrected chi connectivity index (χ4v) is 8.41. The van der Waals surface area contributed by atoms with Crippen LogP contribution in [-0.4, -0.2) is 39.2 Å². The van der Waals surface area contributed by atoms with E-state index in [2.05, 4.69) is 0 Å². The Morgan fingerprint density at radius 2 is 2.04 bits per heavy atom. The van der Waals surface area contributed by atoms with Crippen LogP contribution in [0.25, 0.3) is 0 Å². The van der Waals surface area contributed by atoms with Crippen LogP contribution in [-0.2, 0) is 9.59 Å². The molecule has 3 fully saturated rings. The standard InChI is InChI=1S/C22H27Cl2FO3/c1-12-8-16-15-5-4-13-9-14(26)6-7-19(13,2)21(15,24)17(23)10-20(16,3)22(12,28)18(27)11-25/h6-7,9,12,15-17,28H,4-5,8,10-11H2,1-3H3/t12?,15-,16-,17?,19-,20-,21-,22-/m0/s1. The lowest BCUT2D eigenvalue weighted by atomic mass is 9.46. The van der Waals surface area contributed by atoms with E-state index >= 15 is 0 Å². The Morgan fingerprint density at radius 3 is 2.68 bits per heavy atom. The van der Waals surface area contributed by atoms with E-state index in [1.807, 2.05) is 26.8 Å². The van der Waals surface area contributed by atoms with E-state index in [0.29, 0.717) is 12.8 Å². The average Bonchev–Trinajstić information content (AvgIpc) is 2.84. The zero-order valence-electron chi connectivity index (χ0n) is 16.5. The van der Waals surface area contributed by atoms with Gasteiger partial charge >= 0.3 is 0 Å². The molecule has 0 radical (unpaired) electrons. The van der Waals surface area contributed by atoms with Crippen LogP contribution in [0.5, 0.6) is 0 Å². The van der Waals surface area contributed by atoms with Gasteiger partial charge in [-0.05, 0) is 55.6 Å². The molecule has 154 valence electrons. The van der Waals surface area contributed by atoms with Crippen molar-refractivity contribution in [3.63, 3.8) is 0 Å². The maximum Gasteiger partial charge on any atom is 0.196 e. The summed E-state index contributed by atoms with van der Waals surface area (Å²) in [4.78, 5) is 23.6. The molecule has 4 rings (SSSR count). The summed E-state index contributed by atoms with van der Waals surface area (Å²) in [5, 5.41) is 10.9. The van der Waals surface area contributed by atoms with Gasteiger partial charge in [-0.2, -0.15) is 0 Å². The summed E-state index contributed by atoms with van der Waals surface area (Å²) < 4.78 is 13.4. The molecular weight excluding hydrogens is 402 g/mol. The molecular formula is C22H27Cl2FO3. The predicted octanol–water partition coefficient (Wildman–Crippen LogP) is 4.39. The van der Waals surface area contributed by atoms with Crippen LogP contribution >= 0.6 is 23.2 Å². The minimum absolute atomic E-state index is 0.0321. The highest BCUT2D eigenvalue weighted by atomic mass is 35.5. The topological polar surface area (TPSA) is 54.4 Å². The minimum atomic E-state index is -1.73. The van der Waals surface area contributed by atoms with E-state index in [1.54, 1.807) is 12.2 Å². The first-order valence-electron chi connectivity index (χ1n) is 10.1. The summed E-state index contributed by atoms with van der Waals surface area (Å²) in [6.07, 6.45) is 7.54. The highest BCUT2D eigenvalue weighted by molar-refractivity contribution is 6.34. The Bertz CT molecular complexity index is 810. The number of allylic oxidation sites excluding steroid dienone is 4. The van der Waals surface area contributed by atoms with Crippen LogP contribution in [0, 0.1) is 28.6 Å². The number of ketones is 2. The first-order chi connectivity index (χ1) is 13.0. The number of fused-ring (bicyclic) bond motifs is 5. The molecule has 0 aromatic carbocycles. The van der Waals surface area contributed by atoms with Gasteiger partial charge in [0.2, 0.25) is 0 Å². The molecule has 0 aromatic rings. The summed E-state index contributed by atoms with van der Waals surface area (Å²) in [5.41, 5.74) is -2.11. The van der Waals surface area contributed by atoms with Crippen molar-refractivity contribution < 1.29 is 19.1 Å². The van der Waals surface area contributed by atoms with Crippen LogP contribution in [0.3, 0.4) is 0 Å². The van der Waals surface area contributed by atoms with Gasteiger partial charge in [-0.3, -0.25) is 9.59 Å². The fraction of sp³-hybridized carbons (Fsp3) is 0.727. The molecule has 3 nitrogen and oxygen atoms in total. The molecule has 0 bridgehead atoms. The number of carbonyl (C=O) groups excluding carboxylic acids is 2. The highest BCUT2D eigenvalue weighted by Gasteiger charge is 2.74. The third-order valence-corrected chi connectivity index (χ3v) is 10.3. The molecule has 0 spiro atoms. The lowest BCUT2D eigenvalue weighted by Gasteiger charge is -2.63. The van der Waals surface area contributed by atoms with Crippen LogP contribution in [0.4, 0.5) is 4.39 Å². The number of hydrogen-bond donors (Lipinski definition) is 1. The van der Waals surface area contributed by atoms with Crippen molar-refractivity contribution in [3.8, 4) is 0 Å². The van der Waals surface area contributed by atoms with E-state index in [-0.39, 0.29) is 23.5 Å². The number of carbonyl (C=O) groups is 2. The monoisotopic (exact) mass is 428 g/mol. The average molecular weight is 429 g/mol. The summed E-state index contributed by atoms with van der Waals surface area (Å²) in [7, 11) is 0. The molecule has 3 saturated carbocycles. The smallest absolute Gasteiger partial charge is 0.196 e. The van der Waals surface area contributed by atoms with Gasteiger partial charge in [0.25, 0.3) is 0 Å². The van der Waals surface area contributed by atoms with Gasteiger partial charge in [0.05, 0.1) is 10.3 Å². The Balaban J connectivity index is 1.84. The molecule has 6 heteroatoms. The van der Waals surface area contributed by atoms with Crippen molar-refractivity contribution in [3.05, 3.63) is 23.8 Å². The van der Waals surface area contributed by atoms with Crippen LogP contribution in [0.15, 0.2) is 23.8 Å². The van der Waals surface area contributed by atoms with Crippen molar-refractivity contribution in [2.75, 3.05) is 6.67 Å². The van der Waals surface area contributed by atoms with E-state index in [1.165, 1.54) is 0 Å². The molecule has 4 aliphatic rings. The summed E-state index contributed by atoms with van der Waals surface area (Å²) in [6.45, 7) is 4.57. The van der Waals surface area contributed by atoms with Gasteiger partial charge in [-0.15, -0.1) is 23.2 Å². The second-order valence-corrected chi connectivity index (χ2v) is 10.8. The second-order valence-electron chi connectivity index (χ2n) is 9.68. The van der Waals surface area contributed by atoms with E-state index in [0.717, 1.165) is 18.4 Å². The van der Waals surface area contributed by atoms with Crippen molar-refractivity contribution >= 4 is 34.8 Å². The Kier molecular flexibility index (Phi) is 4.52. The SMILES string of the molecule is CC1C[C@H]2[C@@H]3CCC4=CC(=O)C=C[C@]4(C)[C@@]3(Cl)C(Cl)C[C@]2(C)[C@@]1(O)C(=O)CF. The zero-order chi connectivity index (χ0) is 20.7. The van der Waals surface area contributed by atoms with E-state index in [4.69, 9.17) is 23.2 Å². The molecule has 1 N–H and O–H groups in total. The Labute approximate surface area is 175 Å². The van der Waals surface area contributed by atoms with Gasteiger partial charge in [0.15, 0.2) is 18.2 Å². The highest BCUT2D eigenvalue weighted by Crippen LogP contribution is 2.72. The molecule has 0 aliphatic heterocycles. The maximum absolute atomic E-state index is 13.4. The van der Waals surface area contributed by atoms with Crippen molar-refractivity contribution in [2.24, 2.45) is 28.6 Å². The summed E-state index contributed by atoms with van der Waals surface area (Å²) >= 11 is 14.4. The molecule has 28 heavy (non-hydrogen) atoms. The van der Waals surface area contributed by atoms with Gasteiger partial charge < -0.3 is 5.11 Å². The number of alkyl halides is 3. The zero-order valence-corrected chi connectivity index (χ0v) is 18.0. The Hall–Kier alpha value is -0.710. The number of hydrogen-bond acceptors (Lipinski definition) is 3. The Morgan fingerprint density at radius 1 is 1.36 bits per heavy atom. The number of aliphatic hydroxyl groups is 1. The number of Topliss-reactive ketones (excluding diaryl/α,β-unsaturated/α-hetero) is 1. The number of halogens is 3. The first-order valence-corrected chi connectivity index (χ1v) is 10.9. The van der Waals surface area contributed by atoms with Gasteiger partial charge in [0.1, 0.15) is 5.60 Å². The first kappa shape index (κ1) is 20.6. The van der Waals surface area contributed by atoms with Crippen molar-refractivity contribution in [2.45, 2.75) is 62.3 Å². The van der Waals surface area contributed by atoms with Crippen LogP contribution < -0.4 is 0 Å². The van der Waals surface area contributed by atoms with Crippen LogP contribution in [0.1, 0.15) is 46.5 Å². The van der Waals surface area contributed by atoms with E-state index < -0.39 is 39.1 Å². The second kappa shape index (κ2) is 6.15. The predicted molar refractivity (Wildman–Crippen MR) is 107 cm³/mol. The largest absolute Gasteiger partial charge is 0.381 e. The summed E-state index contributed by atoms with van der Waals surface area (Å²) in [6, 6.07) is 0. The molecule has 8 atom stereocenters. The maximum atomic E-state index is 13.4. The molecule has 4 aliphatic carbocycles. The molecule has 0 aromatic heterocycles. The van der Waals surface area contributed by atoms with E-state index in [9.17, 15) is 19.1 Å². The van der Waals surface area contributed by atoms with Gasteiger partial charge in [0, 0.05) is 10.8 Å². The van der Waals surface area contributed by atoms with Crippen LogP contribution in [0.2, 0.25) is 0 Å². The normalized spacial score (nSPS) is 52.5. The molecule has 0 heterocycles. The lowest BCUT2D eigenvalue weighted by Crippen LogP contribution is -2.67. The molecule has 2 unspecified atom stereocenters. The van der Waals surface area contributed by atoms with Gasteiger partial charge in [-0.25, -0.2) is 4.39 Å². The third kappa shape index (κ3) is 2.15.